The van der Waals surface area contributed by atoms with Gasteiger partial charge in [-0.25, -0.2) is 4.98 Å². The molecule has 0 aliphatic carbocycles. The van der Waals surface area contributed by atoms with Gasteiger partial charge in [-0.05, 0) is 35.7 Å². The molecule has 2 aromatic carbocycles. The zero-order valence-electron chi connectivity index (χ0n) is 16.0. The Labute approximate surface area is 169 Å². The molecular formula is C23H21N5O. The van der Waals surface area contributed by atoms with E-state index in [4.69, 9.17) is 0 Å². The quantitative estimate of drug-likeness (QED) is 0.528. The average Bonchev–Trinajstić information content (AvgIpc) is 3.26. The molecule has 1 amide bonds. The lowest BCUT2D eigenvalue weighted by Gasteiger charge is -2.11. The van der Waals surface area contributed by atoms with E-state index < -0.39 is 0 Å². The summed E-state index contributed by atoms with van der Waals surface area (Å²) in [6.07, 6.45) is 3.71. The van der Waals surface area contributed by atoms with E-state index in [0.29, 0.717) is 18.1 Å². The number of nitrogens with zero attached hydrogens (tertiary/aromatic N) is 3. The van der Waals surface area contributed by atoms with Crippen molar-refractivity contribution in [1.29, 1.82) is 0 Å². The van der Waals surface area contributed by atoms with Crippen LogP contribution in [0.3, 0.4) is 0 Å². The van der Waals surface area contributed by atoms with Crippen LogP contribution in [-0.2, 0) is 11.2 Å². The van der Waals surface area contributed by atoms with Crippen molar-refractivity contribution < 1.29 is 4.79 Å². The summed E-state index contributed by atoms with van der Waals surface area (Å²) in [7, 11) is 0. The maximum Gasteiger partial charge on any atom is 0.224 e. The second-order valence-electron chi connectivity index (χ2n) is 6.81. The number of hydrogen-bond acceptors (Lipinski definition) is 4. The summed E-state index contributed by atoms with van der Waals surface area (Å²) in [4.78, 5) is 21.0. The van der Waals surface area contributed by atoms with Gasteiger partial charge in [0.1, 0.15) is 5.82 Å². The van der Waals surface area contributed by atoms with E-state index in [-0.39, 0.29) is 11.9 Å². The lowest BCUT2D eigenvalue weighted by molar-refractivity contribution is -0.121. The Morgan fingerprint density at radius 2 is 1.69 bits per heavy atom. The number of carbonyl (C=O) groups excluding carboxylic acids is 1. The molecule has 29 heavy (non-hydrogen) atoms. The minimum atomic E-state index is -0.274. The molecule has 144 valence electrons. The van der Waals surface area contributed by atoms with Gasteiger partial charge in [-0.1, -0.05) is 54.6 Å². The minimum Gasteiger partial charge on any atom is -0.346 e. The number of nitrogens with one attached hydrogen (secondary N) is 2. The molecule has 0 radical (unpaired) electrons. The van der Waals surface area contributed by atoms with Crippen LogP contribution in [0.1, 0.15) is 24.4 Å². The van der Waals surface area contributed by atoms with Gasteiger partial charge >= 0.3 is 0 Å². The number of H-pyrrole nitrogens is 1. The molecule has 1 atom stereocenters. The minimum absolute atomic E-state index is 0.0655. The van der Waals surface area contributed by atoms with Crippen molar-refractivity contribution in [2.45, 2.75) is 19.4 Å². The van der Waals surface area contributed by atoms with Crippen LogP contribution in [0.4, 0.5) is 0 Å². The van der Waals surface area contributed by atoms with E-state index in [9.17, 15) is 4.79 Å². The standard InChI is InChI=1S/C23H21N5O/c1-16(22-26-23(28-27-22)20-8-5-13-24-15-20)25-21(29)14-17-9-11-19(12-10-17)18-6-3-2-4-7-18/h2-13,15-16H,14H2,1H3,(H,25,29)(H,26,27,28). The molecule has 1 unspecified atom stereocenters. The van der Waals surface area contributed by atoms with Gasteiger partial charge in [-0.15, -0.1) is 0 Å². The number of hydrogen-bond donors (Lipinski definition) is 2. The van der Waals surface area contributed by atoms with E-state index in [1.807, 2.05) is 61.5 Å². The van der Waals surface area contributed by atoms with Crippen molar-refractivity contribution in [1.82, 2.24) is 25.5 Å². The summed E-state index contributed by atoms with van der Waals surface area (Å²) in [5, 5.41) is 10.1. The predicted molar refractivity (Wildman–Crippen MR) is 112 cm³/mol. The predicted octanol–water partition coefficient (Wildman–Crippen LogP) is 3.95. The number of aromatic nitrogens is 4. The Balaban J connectivity index is 1.36. The Morgan fingerprint density at radius 1 is 0.966 bits per heavy atom. The van der Waals surface area contributed by atoms with Gasteiger partial charge in [0.25, 0.3) is 0 Å². The molecule has 4 aromatic rings. The van der Waals surface area contributed by atoms with E-state index in [1.165, 1.54) is 0 Å². The van der Waals surface area contributed by atoms with Gasteiger partial charge in [-0.2, -0.15) is 5.10 Å². The van der Waals surface area contributed by atoms with Crippen molar-refractivity contribution >= 4 is 5.91 Å². The molecule has 2 N–H and O–H groups in total. The highest BCUT2D eigenvalue weighted by Gasteiger charge is 2.15. The van der Waals surface area contributed by atoms with Crippen LogP contribution in [0.25, 0.3) is 22.5 Å². The Kier molecular flexibility index (Phi) is 5.42. The van der Waals surface area contributed by atoms with Gasteiger partial charge in [0.05, 0.1) is 12.5 Å². The molecule has 0 saturated carbocycles. The smallest absolute Gasteiger partial charge is 0.224 e. The monoisotopic (exact) mass is 383 g/mol. The van der Waals surface area contributed by atoms with E-state index in [1.54, 1.807) is 12.4 Å². The maximum atomic E-state index is 12.4. The van der Waals surface area contributed by atoms with Crippen molar-refractivity contribution in [2.24, 2.45) is 0 Å². The van der Waals surface area contributed by atoms with Crippen molar-refractivity contribution in [3.05, 3.63) is 90.5 Å². The SMILES string of the molecule is CC(NC(=O)Cc1ccc(-c2ccccc2)cc1)c1nc(-c2cccnc2)n[nH]1. The van der Waals surface area contributed by atoms with Crippen LogP contribution in [0, 0.1) is 0 Å². The molecule has 2 heterocycles. The van der Waals surface area contributed by atoms with Gasteiger partial charge in [-0.3, -0.25) is 14.9 Å². The third-order valence-electron chi connectivity index (χ3n) is 4.64. The summed E-state index contributed by atoms with van der Waals surface area (Å²) < 4.78 is 0. The number of benzene rings is 2. The first-order valence-electron chi connectivity index (χ1n) is 9.45. The Hall–Kier alpha value is -3.80. The van der Waals surface area contributed by atoms with E-state index in [2.05, 4.69) is 37.6 Å². The highest BCUT2D eigenvalue weighted by atomic mass is 16.1. The summed E-state index contributed by atoms with van der Waals surface area (Å²) in [5.41, 5.74) is 4.08. The number of aromatic amines is 1. The summed E-state index contributed by atoms with van der Waals surface area (Å²) in [6, 6.07) is 21.7. The molecule has 0 aliphatic heterocycles. The largest absolute Gasteiger partial charge is 0.346 e. The number of amides is 1. The topological polar surface area (TPSA) is 83.6 Å². The fraction of sp³-hybridized carbons (Fsp3) is 0.130. The number of rotatable bonds is 6. The summed E-state index contributed by atoms with van der Waals surface area (Å²) >= 11 is 0. The van der Waals surface area contributed by atoms with E-state index >= 15 is 0 Å². The molecular weight excluding hydrogens is 362 g/mol. The van der Waals surface area contributed by atoms with Crippen LogP contribution in [0.15, 0.2) is 79.1 Å². The molecule has 4 rings (SSSR count). The number of carbonyl (C=O) groups is 1. The second-order valence-corrected chi connectivity index (χ2v) is 6.81. The maximum absolute atomic E-state index is 12.4. The average molecular weight is 383 g/mol. The van der Waals surface area contributed by atoms with Gasteiger partial charge in [0.15, 0.2) is 5.82 Å². The molecule has 2 aromatic heterocycles. The highest BCUT2D eigenvalue weighted by Crippen LogP contribution is 2.20. The first-order chi connectivity index (χ1) is 14.2. The third-order valence-corrected chi connectivity index (χ3v) is 4.64. The van der Waals surface area contributed by atoms with Crippen LogP contribution >= 0.6 is 0 Å². The van der Waals surface area contributed by atoms with Crippen LogP contribution in [0.2, 0.25) is 0 Å². The van der Waals surface area contributed by atoms with Gasteiger partial charge < -0.3 is 5.32 Å². The molecule has 0 aliphatic rings. The Bertz CT molecular complexity index is 1080. The third kappa shape index (κ3) is 4.55. The van der Waals surface area contributed by atoms with Crippen LogP contribution in [0.5, 0.6) is 0 Å². The summed E-state index contributed by atoms with van der Waals surface area (Å²) in [6.45, 7) is 1.88. The molecule has 0 spiro atoms. The molecule has 0 bridgehead atoms. The number of pyridine rings is 1. The van der Waals surface area contributed by atoms with Gasteiger partial charge in [0.2, 0.25) is 5.91 Å². The fourth-order valence-electron chi connectivity index (χ4n) is 3.08. The van der Waals surface area contributed by atoms with Crippen LogP contribution in [-0.4, -0.2) is 26.1 Å². The second kappa shape index (κ2) is 8.48. The molecule has 0 saturated heterocycles. The lowest BCUT2D eigenvalue weighted by atomic mass is 10.0. The zero-order valence-corrected chi connectivity index (χ0v) is 16.0. The zero-order chi connectivity index (χ0) is 20.1. The van der Waals surface area contributed by atoms with E-state index in [0.717, 1.165) is 22.3 Å². The highest BCUT2D eigenvalue weighted by molar-refractivity contribution is 5.79. The molecule has 6 nitrogen and oxygen atoms in total. The van der Waals surface area contributed by atoms with Crippen molar-refractivity contribution in [3.63, 3.8) is 0 Å². The van der Waals surface area contributed by atoms with Crippen molar-refractivity contribution in [3.8, 4) is 22.5 Å². The molecule has 0 fully saturated rings. The van der Waals surface area contributed by atoms with Crippen molar-refractivity contribution in [2.75, 3.05) is 0 Å². The fourth-order valence-corrected chi connectivity index (χ4v) is 3.08. The van der Waals surface area contributed by atoms with Gasteiger partial charge in [0, 0.05) is 18.0 Å². The normalized spacial score (nSPS) is 11.8. The first-order valence-corrected chi connectivity index (χ1v) is 9.45. The first kappa shape index (κ1) is 18.6. The lowest BCUT2D eigenvalue weighted by Crippen LogP contribution is -2.28. The summed E-state index contributed by atoms with van der Waals surface area (Å²) in [5.74, 6) is 1.10. The Morgan fingerprint density at radius 3 is 2.41 bits per heavy atom. The molecule has 6 heteroatoms. The van der Waals surface area contributed by atoms with Crippen LogP contribution < -0.4 is 5.32 Å².